The van der Waals surface area contributed by atoms with Gasteiger partial charge in [0.1, 0.15) is 19.8 Å². The average Bonchev–Trinajstić information content (AvgIpc) is 3.19. The number of quaternary nitrogens is 1. The molecule has 0 fully saturated rings. The van der Waals surface area contributed by atoms with Gasteiger partial charge in [-0.2, -0.15) is 0 Å². The summed E-state index contributed by atoms with van der Waals surface area (Å²) in [6.07, 6.45) is 48.5. The molecule has 344 valence electrons. The molecule has 0 aromatic carbocycles. The van der Waals surface area contributed by atoms with Crippen molar-refractivity contribution in [3.8, 4) is 0 Å². The number of likely N-dealkylation sites (N-methyl/N-ethyl adjacent to an activating group) is 1. The van der Waals surface area contributed by atoms with Crippen LogP contribution in [-0.2, 0) is 32.7 Å². The van der Waals surface area contributed by atoms with E-state index in [0.717, 1.165) is 57.8 Å². The number of esters is 2. The smallest absolute Gasteiger partial charge is 0.306 e. The predicted octanol–water partition coefficient (Wildman–Crippen LogP) is 13.2. The highest BCUT2D eigenvalue weighted by Crippen LogP contribution is 2.38. The van der Waals surface area contributed by atoms with Gasteiger partial charge in [0.15, 0.2) is 6.10 Å². The summed E-state index contributed by atoms with van der Waals surface area (Å²) in [5.41, 5.74) is 0. The molecule has 59 heavy (non-hydrogen) atoms. The molecule has 0 amide bonds. The molecule has 2 atom stereocenters. The van der Waals surface area contributed by atoms with Gasteiger partial charge >= 0.3 is 11.9 Å². The van der Waals surface area contributed by atoms with Crippen LogP contribution in [0.15, 0.2) is 48.6 Å². The van der Waals surface area contributed by atoms with E-state index in [0.29, 0.717) is 17.4 Å². The van der Waals surface area contributed by atoms with Crippen LogP contribution in [-0.4, -0.2) is 70.0 Å². The average molecular weight is 852 g/mol. The maximum Gasteiger partial charge on any atom is 0.306 e. The van der Waals surface area contributed by atoms with Crippen LogP contribution in [0.4, 0.5) is 0 Å². The fourth-order valence-corrected chi connectivity index (χ4v) is 7.07. The van der Waals surface area contributed by atoms with Crippen molar-refractivity contribution in [3.05, 3.63) is 48.6 Å². The lowest BCUT2D eigenvalue weighted by molar-refractivity contribution is -0.870. The second-order valence-corrected chi connectivity index (χ2v) is 18.5. The van der Waals surface area contributed by atoms with Crippen molar-refractivity contribution in [2.45, 2.75) is 206 Å². The Morgan fingerprint density at radius 3 is 1.39 bits per heavy atom. The predicted molar refractivity (Wildman–Crippen MR) is 245 cm³/mol. The van der Waals surface area contributed by atoms with Crippen LogP contribution in [0.3, 0.4) is 0 Å². The van der Waals surface area contributed by atoms with E-state index in [1.165, 1.54) is 109 Å². The number of phosphoric acid groups is 1. The van der Waals surface area contributed by atoms with Crippen molar-refractivity contribution in [3.63, 3.8) is 0 Å². The van der Waals surface area contributed by atoms with Crippen LogP contribution < -0.4 is 4.89 Å². The summed E-state index contributed by atoms with van der Waals surface area (Å²) in [5, 5.41) is 0. The summed E-state index contributed by atoms with van der Waals surface area (Å²) in [5.74, 6) is -0.866. The van der Waals surface area contributed by atoms with Crippen LogP contribution in [0.1, 0.15) is 200 Å². The molecule has 0 radical (unpaired) electrons. The molecule has 0 rings (SSSR count). The molecule has 0 heterocycles. The lowest BCUT2D eigenvalue weighted by Crippen LogP contribution is -2.37. The van der Waals surface area contributed by atoms with Gasteiger partial charge in [0.05, 0.1) is 27.7 Å². The van der Waals surface area contributed by atoms with E-state index in [1.54, 1.807) is 0 Å². The monoisotopic (exact) mass is 852 g/mol. The Labute approximate surface area is 363 Å². The number of hydrogen-bond donors (Lipinski definition) is 0. The number of ether oxygens (including phenoxy) is 2. The highest BCUT2D eigenvalue weighted by atomic mass is 31.2. The Kier molecular flexibility index (Phi) is 39.9. The van der Waals surface area contributed by atoms with Crippen LogP contribution in [0, 0.1) is 0 Å². The summed E-state index contributed by atoms with van der Waals surface area (Å²) in [7, 11) is 1.14. The molecule has 0 spiro atoms. The minimum atomic E-state index is -4.64. The van der Waals surface area contributed by atoms with E-state index < -0.39 is 32.5 Å². The lowest BCUT2D eigenvalue weighted by atomic mass is 10.0. The maximum atomic E-state index is 12.7. The topological polar surface area (TPSA) is 111 Å². The van der Waals surface area contributed by atoms with Crippen molar-refractivity contribution >= 4 is 19.8 Å². The third-order valence-electron chi connectivity index (χ3n) is 10.1. The first-order chi connectivity index (χ1) is 28.5. The molecule has 0 saturated carbocycles. The van der Waals surface area contributed by atoms with E-state index in [-0.39, 0.29) is 26.1 Å². The van der Waals surface area contributed by atoms with Gasteiger partial charge in [-0.15, -0.1) is 0 Å². The van der Waals surface area contributed by atoms with Crippen molar-refractivity contribution < 1.29 is 42.1 Å². The number of hydrogen-bond acceptors (Lipinski definition) is 8. The number of carbonyl (C=O) groups excluding carboxylic acids is 2. The summed E-state index contributed by atoms with van der Waals surface area (Å²) in [4.78, 5) is 37.6. The minimum absolute atomic E-state index is 0.0376. The molecular formula is C49H90NO8P. The fraction of sp³-hybridized carbons (Fsp3) is 0.796. The van der Waals surface area contributed by atoms with Gasteiger partial charge < -0.3 is 27.9 Å². The highest BCUT2D eigenvalue weighted by Gasteiger charge is 2.21. The fourth-order valence-electron chi connectivity index (χ4n) is 6.34. The standard InChI is InChI=1S/C49H90NO8P/c1-6-8-10-12-14-16-18-20-22-24-25-26-28-30-32-34-36-38-40-42-49(52)58-47(46-57-59(53,54)56-44-43-50(3,4)5)45-55-48(51)41-39-37-35-33-31-29-27-23-21-19-17-15-13-11-9-7-2/h14,16,20,22,25-26,30,32,47H,6-13,15,17-19,21,23-24,27-29,31,33-46H2,1-5H3/b16-14+,22-20+,26-25+,32-30+/t47-/m1/s1. The number of nitrogens with zero attached hydrogens (tertiary/aromatic N) is 1. The number of carbonyl (C=O) groups is 2. The molecule has 0 aromatic heterocycles. The van der Waals surface area contributed by atoms with Crippen molar-refractivity contribution in [1.82, 2.24) is 0 Å². The van der Waals surface area contributed by atoms with Crippen molar-refractivity contribution in [2.24, 2.45) is 0 Å². The number of unbranched alkanes of at least 4 members (excludes halogenated alkanes) is 21. The summed E-state index contributed by atoms with van der Waals surface area (Å²) in [6.45, 7) is 4.17. The third kappa shape index (κ3) is 45.3. The van der Waals surface area contributed by atoms with Gasteiger partial charge in [0, 0.05) is 12.8 Å². The minimum Gasteiger partial charge on any atom is -0.756 e. The van der Waals surface area contributed by atoms with Crippen LogP contribution >= 0.6 is 7.82 Å². The van der Waals surface area contributed by atoms with Crippen LogP contribution in [0.5, 0.6) is 0 Å². The second kappa shape index (κ2) is 41.3. The second-order valence-electron chi connectivity index (χ2n) is 17.1. The Balaban J connectivity index is 4.37. The molecule has 0 bridgehead atoms. The van der Waals surface area contributed by atoms with Crippen molar-refractivity contribution in [2.75, 3.05) is 47.5 Å². The molecule has 0 aromatic rings. The number of allylic oxidation sites excluding steroid dienone is 8. The third-order valence-corrected chi connectivity index (χ3v) is 11.1. The number of rotatable bonds is 43. The molecular weight excluding hydrogens is 762 g/mol. The maximum absolute atomic E-state index is 12.7. The Morgan fingerprint density at radius 2 is 0.915 bits per heavy atom. The Morgan fingerprint density at radius 1 is 0.525 bits per heavy atom. The molecule has 0 aliphatic carbocycles. The van der Waals surface area contributed by atoms with Crippen molar-refractivity contribution in [1.29, 1.82) is 0 Å². The summed E-state index contributed by atoms with van der Waals surface area (Å²) in [6, 6.07) is 0. The lowest BCUT2D eigenvalue weighted by Gasteiger charge is -2.28. The summed E-state index contributed by atoms with van der Waals surface area (Å²) < 4.78 is 33.9. The first-order valence-corrected chi connectivity index (χ1v) is 25.3. The van der Waals surface area contributed by atoms with Crippen LogP contribution in [0.25, 0.3) is 0 Å². The van der Waals surface area contributed by atoms with Crippen LogP contribution in [0.2, 0.25) is 0 Å². The van der Waals surface area contributed by atoms with Gasteiger partial charge in [-0.25, -0.2) is 0 Å². The Hall–Kier alpha value is -2.03. The first kappa shape index (κ1) is 57.0. The molecule has 0 aliphatic heterocycles. The Bertz CT molecular complexity index is 1150. The summed E-state index contributed by atoms with van der Waals surface area (Å²) >= 11 is 0. The van der Waals surface area contributed by atoms with Gasteiger partial charge in [0.2, 0.25) is 0 Å². The van der Waals surface area contributed by atoms with E-state index in [9.17, 15) is 19.0 Å². The molecule has 10 heteroatoms. The van der Waals surface area contributed by atoms with Gasteiger partial charge in [-0.1, -0.05) is 178 Å². The zero-order valence-corrected chi connectivity index (χ0v) is 39.6. The van der Waals surface area contributed by atoms with E-state index in [2.05, 4.69) is 62.5 Å². The van der Waals surface area contributed by atoms with E-state index in [1.807, 2.05) is 21.1 Å². The quantitative estimate of drug-likeness (QED) is 0.0196. The van der Waals surface area contributed by atoms with E-state index >= 15 is 0 Å². The number of phosphoric ester groups is 1. The largest absolute Gasteiger partial charge is 0.756 e. The van der Waals surface area contributed by atoms with Gasteiger partial charge in [0.25, 0.3) is 7.82 Å². The SMILES string of the molecule is CCCCC/C=C/C/C=C/C/C=C/C/C=C/CCCCCC(=O)O[C@H](COC(=O)CCCCCCCCCCCCCCCCCC)COP(=O)([O-])OCC[N+](C)(C)C. The zero-order valence-electron chi connectivity index (χ0n) is 38.7. The zero-order chi connectivity index (χ0) is 43.6. The molecule has 9 nitrogen and oxygen atoms in total. The molecule has 1 unspecified atom stereocenters. The van der Waals surface area contributed by atoms with Gasteiger partial charge in [-0.3, -0.25) is 14.2 Å². The molecule has 0 saturated heterocycles. The highest BCUT2D eigenvalue weighted by molar-refractivity contribution is 7.45. The normalized spacial score (nSPS) is 13.9. The molecule has 0 aliphatic rings. The first-order valence-electron chi connectivity index (χ1n) is 23.8. The van der Waals surface area contributed by atoms with E-state index in [4.69, 9.17) is 18.5 Å². The molecule has 0 N–H and O–H groups in total. The van der Waals surface area contributed by atoms with Gasteiger partial charge in [-0.05, 0) is 57.8 Å².